The molecule has 212 valence electrons. The molecular formula is C34H36N2O5. The van der Waals surface area contributed by atoms with Crippen molar-refractivity contribution in [2.45, 2.75) is 31.9 Å². The Hall–Kier alpha value is -4.62. The van der Waals surface area contributed by atoms with Gasteiger partial charge in [-0.25, -0.2) is 9.59 Å². The van der Waals surface area contributed by atoms with E-state index in [1.807, 2.05) is 97.1 Å². The van der Waals surface area contributed by atoms with Crippen LogP contribution in [0.1, 0.15) is 24.5 Å². The predicted octanol–water partition coefficient (Wildman–Crippen LogP) is 6.89. The Morgan fingerprint density at radius 2 is 1.41 bits per heavy atom. The summed E-state index contributed by atoms with van der Waals surface area (Å²) in [6, 6.07) is 35.0. The number of nitrogens with zero attached hydrogens (tertiary/aromatic N) is 1. The Morgan fingerprint density at radius 1 is 0.805 bits per heavy atom. The van der Waals surface area contributed by atoms with Gasteiger partial charge in [0.1, 0.15) is 5.75 Å². The second-order valence-corrected chi connectivity index (χ2v) is 10.0. The van der Waals surface area contributed by atoms with E-state index in [0.29, 0.717) is 31.9 Å². The van der Waals surface area contributed by atoms with E-state index in [2.05, 4.69) is 17.4 Å². The van der Waals surface area contributed by atoms with Gasteiger partial charge < -0.3 is 24.8 Å². The van der Waals surface area contributed by atoms with E-state index >= 15 is 0 Å². The largest absolute Gasteiger partial charge is 0.494 e. The topological polar surface area (TPSA) is 88.1 Å². The molecule has 0 spiro atoms. The summed E-state index contributed by atoms with van der Waals surface area (Å²) in [5, 5.41) is 12.5. The molecule has 0 saturated heterocycles. The minimum absolute atomic E-state index is 0.176. The number of hydrogen-bond donors (Lipinski definition) is 2. The van der Waals surface area contributed by atoms with Gasteiger partial charge in [-0.15, -0.1) is 0 Å². The molecule has 1 atom stereocenters. The third kappa shape index (κ3) is 8.43. The fraction of sp³-hybridized carbons (Fsp3) is 0.235. The van der Waals surface area contributed by atoms with Gasteiger partial charge in [0.25, 0.3) is 0 Å². The van der Waals surface area contributed by atoms with Crippen molar-refractivity contribution in [1.82, 2.24) is 4.90 Å². The molecule has 0 fully saturated rings. The van der Waals surface area contributed by atoms with Crippen molar-refractivity contribution < 1.29 is 24.2 Å². The van der Waals surface area contributed by atoms with Gasteiger partial charge in [-0.3, -0.25) is 0 Å². The number of aliphatic carboxylic acids is 1. The van der Waals surface area contributed by atoms with Gasteiger partial charge in [0.2, 0.25) is 0 Å². The summed E-state index contributed by atoms with van der Waals surface area (Å²) < 4.78 is 11.1. The molecule has 4 rings (SSSR count). The molecule has 4 aromatic carbocycles. The molecule has 0 bridgehead atoms. The molecule has 0 aliphatic rings. The third-order valence-electron chi connectivity index (χ3n) is 6.96. The molecule has 0 saturated carbocycles. The number of benzene rings is 4. The number of rotatable bonds is 13. The van der Waals surface area contributed by atoms with Crippen LogP contribution in [0, 0.1) is 0 Å². The number of nitrogens with one attached hydrogen (secondary N) is 1. The van der Waals surface area contributed by atoms with Gasteiger partial charge in [0.05, 0.1) is 6.61 Å². The molecular weight excluding hydrogens is 516 g/mol. The average Bonchev–Trinajstić information content (AvgIpc) is 3.00. The van der Waals surface area contributed by atoms with Gasteiger partial charge in [-0.2, -0.15) is 0 Å². The highest BCUT2D eigenvalue weighted by atomic mass is 16.5. The summed E-state index contributed by atoms with van der Waals surface area (Å²) in [6.45, 7) is 2.96. The van der Waals surface area contributed by atoms with Crippen molar-refractivity contribution in [2.24, 2.45) is 0 Å². The molecule has 0 aliphatic carbocycles. The first-order valence-corrected chi connectivity index (χ1v) is 13.6. The van der Waals surface area contributed by atoms with Crippen LogP contribution in [0.4, 0.5) is 10.5 Å². The van der Waals surface area contributed by atoms with Gasteiger partial charge in [0, 0.05) is 32.3 Å². The highest BCUT2D eigenvalue weighted by Crippen LogP contribution is 2.22. The van der Waals surface area contributed by atoms with Crippen LogP contribution in [0.2, 0.25) is 0 Å². The zero-order chi connectivity index (χ0) is 29.1. The molecule has 41 heavy (non-hydrogen) atoms. The summed E-state index contributed by atoms with van der Waals surface area (Å²) in [7, 11) is 1.40. The van der Waals surface area contributed by atoms with Crippen LogP contribution in [0.15, 0.2) is 109 Å². The number of urea groups is 1. The summed E-state index contributed by atoms with van der Waals surface area (Å²) in [4.78, 5) is 26.6. The first-order chi connectivity index (χ1) is 19.9. The van der Waals surface area contributed by atoms with Gasteiger partial charge >= 0.3 is 12.0 Å². The monoisotopic (exact) mass is 552 g/mol. The van der Waals surface area contributed by atoms with Crippen LogP contribution in [0.3, 0.4) is 0 Å². The lowest BCUT2D eigenvalue weighted by Crippen LogP contribution is -2.39. The van der Waals surface area contributed by atoms with Crippen molar-refractivity contribution in [3.8, 4) is 16.9 Å². The molecule has 4 aromatic rings. The maximum atomic E-state index is 13.3. The lowest BCUT2D eigenvalue weighted by molar-refractivity contribution is -0.159. The fourth-order valence-electron chi connectivity index (χ4n) is 4.41. The van der Waals surface area contributed by atoms with Crippen molar-refractivity contribution in [3.63, 3.8) is 0 Å². The van der Waals surface area contributed by atoms with E-state index in [4.69, 9.17) is 9.47 Å². The number of amides is 2. The molecule has 0 aliphatic heterocycles. The second kappa shape index (κ2) is 14.1. The second-order valence-electron chi connectivity index (χ2n) is 10.0. The summed E-state index contributed by atoms with van der Waals surface area (Å²) in [5.74, 6) is -0.325. The van der Waals surface area contributed by atoms with Crippen LogP contribution < -0.4 is 10.1 Å². The molecule has 0 aromatic heterocycles. The molecule has 7 nitrogen and oxygen atoms in total. The van der Waals surface area contributed by atoms with Crippen LogP contribution in [-0.4, -0.2) is 47.9 Å². The van der Waals surface area contributed by atoms with Crippen molar-refractivity contribution in [1.29, 1.82) is 0 Å². The van der Waals surface area contributed by atoms with Crippen molar-refractivity contribution in [2.75, 3.05) is 25.6 Å². The number of carboxylic acids is 1. The molecule has 1 unspecified atom stereocenters. The quantitative estimate of drug-likeness (QED) is 0.176. The highest BCUT2D eigenvalue weighted by Gasteiger charge is 2.33. The number of carbonyl (C=O) groups excluding carboxylic acids is 1. The van der Waals surface area contributed by atoms with E-state index in [-0.39, 0.29) is 12.5 Å². The van der Waals surface area contributed by atoms with Gasteiger partial charge in [-0.05, 0) is 59.9 Å². The number of methoxy groups -OCH3 is 1. The molecule has 2 amide bonds. The Morgan fingerprint density at radius 3 is 2.02 bits per heavy atom. The number of ether oxygens (including phenoxy) is 2. The lowest BCUT2D eigenvalue weighted by atomic mass is 9.96. The van der Waals surface area contributed by atoms with Crippen LogP contribution in [0.25, 0.3) is 11.1 Å². The van der Waals surface area contributed by atoms with Gasteiger partial charge in [0.15, 0.2) is 5.60 Å². The van der Waals surface area contributed by atoms with E-state index in [1.54, 1.807) is 11.8 Å². The summed E-state index contributed by atoms with van der Waals surface area (Å²) in [5.41, 5.74) is 3.55. The zero-order valence-corrected chi connectivity index (χ0v) is 23.5. The first kappa shape index (κ1) is 29.4. The van der Waals surface area contributed by atoms with E-state index in [0.717, 1.165) is 27.9 Å². The molecule has 7 heteroatoms. The van der Waals surface area contributed by atoms with Crippen LogP contribution >= 0.6 is 0 Å². The minimum Gasteiger partial charge on any atom is -0.494 e. The summed E-state index contributed by atoms with van der Waals surface area (Å²) >= 11 is 0. The average molecular weight is 553 g/mol. The number of carbonyl (C=O) groups is 2. The normalized spacial score (nSPS) is 12.2. The van der Waals surface area contributed by atoms with Crippen LogP contribution in [0.5, 0.6) is 5.75 Å². The Bertz CT molecular complexity index is 1390. The van der Waals surface area contributed by atoms with E-state index < -0.39 is 11.6 Å². The summed E-state index contributed by atoms with van der Waals surface area (Å²) in [6.07, 6.45) is 0.882. The number of hydrogen-bond acceptors (Lipinski definition) is 4. The molecule has 2 N–H and O–H groups in total. The first-order valence-electron chi connectivity index (χ1n) is 13.6. The lowest BCUT2D eigenvalue weighted by Gasteiger charge is -2.24. The number of carboxylic acid groups (broad SMARTS) is 1. The zero-order valence-electron chi connectivity index (χ0n) is 23.5. The minimum atomic E-state index is -1.28. The standard InChI is InChI=1S/C34H36N2O5/c1-34(40-2,32(37)38)24-26-14-20-31(21-15-26)41-23-9-22-36(25-27-10-5-3-6-11-27)33(39)35-30-18-16-29(17-19-30)28-12-7-4-8-13-28/h3-8,10-21H,9,22-25H2,1-2H3,(H,35,39)(H,37,38). The molecule has 0 radical (unpaired) electrons. The Balaban J connectivity index is 1.33. The smallest absolute Gasteiger partial charge is 0.336 e. The maximum Gasteiger partial charge on any atom is 0.336 e. The third-order valence-corrected chi connectivity index (χ3v) is 6.96. The number of anilines is 1. The Labute approximate surface area is 241 Å². The Kier molecular flexibility index (Phi) is 10.1. The highest BCUT2D eigenvalue weighted by molar-refractivity contribution is 5.89. The van der Waals surface area contributed by atoms with E-state index in [1.165, 1.54) is 7.11 Å². The van der Waals surface area contributed by atoms with Crippen molar-refractivity contribution >= 4 is 17.7 Å². The fourth-order valence-corrected chi connectivity index (χ4v) is 4.41. The molecule has 0 heterocycles. The SMILES string of the molecule is COC(C)(Cc1ccc(OCCCN(Cc2ccccc2)C(=O)Nc2ccc(-c3ccccc3)cc2)cc1)C(=O)O. The van der Waals surface area contributed by atoms with Gasteiger partial charge in [-0.1, -0.05) is 84.9 Å². The van der Waals surface area contributed by atoms with Crippen molar-refractivity contribution in [3.05, 3.63) is 120 Å². The predicted molar refractivity (Wildman–Crippen MR) is 161 cm³/mol. The van der Waals surface area contributed by atoms with E-state index in [9.17, 15) is 14.7 Å². The maximum absolute atomic E-state index is 13.3. The van der Waals surface area contributed by atoms with Crippen LogP contribution in [-0.2, 0) is 22.5 Å².